The molecule has 1 aliphatic carbocycles. The minimum Gasteiger partial charge on any atom is -0.334 e. The van der Waals surface area contributed by atoms with E-state index in [0.717, 1.165) is 32.5 Å². The highest BCUT2D eigenvalue weighted by Crippen LogP contribution is 2.36. The van der Waals surface area contributed by atoms with Crippen LogP contribution in [0.15, 0.2) is 0 Å². The number of amides is 1. The zero-order valence-corrected chi connectivity index (χ0v) is 14.5. The lowest BCUT2D eigenvalue weighted by Gasteiger charge is -2.50. The second kappa shape index (κ2) is 6.68. The maximum atomic E-state index is 12.9. The lowest BCUT2D eigenvalue weighted by atomic mass is 9.78. The summed E-state index contributed by atoms with van der Waals surface area (Å²) in [4.78, 5) is 15.1. The lowest BCUT2D eigenvalue weighted by molar-refractivity contribution is -0.142. The number of hydrogen-bond donors (Lipinski definition) is 1. The summed E-state index contributed by atoms with van der Waals surface area (Å²) in [6.45, 7) is 11.9. The molecule has 1 saturated carbocycles. The van der Waals surface area contributed by atoms with Crippen molar-refractivity contribution in [3.05, 3.63) is 0 Å². The van der Waals surface area contributed by atoms with E-state index in [0.29, 0.717) is 17.2 Å². The Balaban J connectivity index is 1.98. The van der Waals surface area contributed by atoms with Crippen LogP contribution in [0.4, 0.5) is 0 Å². The third kappa shape index (κ3) is 4.45. The number of rotatable bonds is 3. The van der Waals surface area contributed by atoms with Gasteiger partial charge < -0.3 is 10.2 Å². The first-order valence-corrected chi connectivity index (χ1v) is 8.84. The van der Waals surface area contributed by atoms with Crippen molar-refractivity contribution in [1.29, 1.82) is 0 Å². The van der Waals surface area contributed by atoms with E-state index in [-0.39, 0.29) is 5.54 Å². The molecule has 1 spiro atoms. The van der Waals surface area contributed by atoms with E-state index in [4.69, 9.17) is 0 Å². The van der Waals surface area contributed by atoms with Crippen LogP contribution in [0, 0.1) is 11.3 Å². The Hall–Kier alpha value is -0.570. The van der Waals surface area contributed by atoms with Gasteiger partial charge in [-0.25, -0.2) is 0 Å². The molecule has 0 aromatic carbocycles. The molecule has 122 valence electrons. The molecule has 0 bridgehead atoms. The third-order valence-corrected chi connectivity index (χ3v) is 5.11. The van der Waals surface area contributed by atoms with Crippen molar-refractivity contribution in [2.45, 2.75) is 78.2 Å². The predicted molar refractivity (Wildman–Crippen MR) is 88.3 cm³/mol. The molecule has 3 nitrogen and oxygen atoms in total. The fourth-order valence-corrected chi connectivity index (χ4v) is 4.42. The molecule has 1 unspecified atom stereocenters. The number of nitrogens with zero attached hydrogens (tertiary/aromatic N) is 1. The fourth-order valence-electron chi connectivity index (χ4n) is 4.42. The van der Waals surface area contributed by atoms with Crippen molar-refractivity contribution in [1.82, 2.24) is 10.2 Å². The van der Waals surface area contributed by atoms with Gasteiger partial charge >= 0.3 is 0 Å². The van der Waals surface area contributed by atoms with Gasteiger partial charge in [0.25, 0.3) is 0 Å². The smallest absolute Gasteiger partial charge is 0.223 e. The number of piperazine rings is 1. The lowest BCUT2D eigenvalue weighted by Crippen LogP contribution is -2.63. The number of carbonyl (C=O) groups excluding carboxylic acids is 1. The van der Waals surface area contributed by atoms with E-state index in [2.05, 4.69) is 37.9 Å². The van der Waals surface area contributed by atoms with Crippen LogP contribution >= 0.6 is 0 Å². The highest BCUT2D eigenvalue weighted by atomic mass is 16.2. The molecule has 2 rings (SSSR count). The predicted octanol–water partition coefficient (Wildman–Crippen LogP) is 3.58. The Bertz CT molecular complexity index is 344. The van der Waals surface area contributed by atoms with Gasteiger partial charge in [-0.05, 0) is 30.6 Å². The molecule has 0 aromatic rings. The Morgan fingerprint density at radius 2 is 1.90 bits per heavy atom. The molecule has 1 atom stereocenters. The second-order valence-electron chi connectivity index (χ2n) is 8.58. The maximum Gasteiger partial charge on any atom is 0.223 e. The zero-order chi connectivity index (χ0) is 15.5. The van der Waals surface area contributed by atoms with Crippen LogP contribution in [0.2, 0.25) is 0 Å². The van der Waals surface area contributed by atoms with Gasteiger partial charge in [-0.1, -0.05) is 47.0 Å². The van der Waals surface area contributed by atoms with Gasteiger partial charge in [-0.15, -0.1) is 0 Å². The first kappa shape index (κ1) is 16.8. The Labute approximate surface area is 130 Å². The van der Waals surface area contributed by atoms with Gasteiger partial charge in [0.15, 0.2) is 0 Å². The molecule has 1 amide bonds. The molecule has 1 aliphatic heterocycles. The van der Waals surface area contributed by atoms with E-state index in [1.807, 2.05) is 0 Å². The molecule has 2 aliphatic rings. The van der Waals surface area contributed by atoms with Crippen LogP contribution in [-0.4, -0.2) is 36.0 Å². The van der Waals surface area contributed by atoms with Crippen molar-refractivity contribution in [2.24, 2.45) is 11.3 Å². The second-order valence-corrected chi connectivity index (χ2v) is 8.58. The SMILES string of the molecule is CC(CC(=O)N1CCNCC12CCCCC2)CC(C)(C)C. The van der Waals surface area contributed by atoms with Crippen LogP contribution in [0.3, 0.4) is 0 Å². The average molecular weight is 294 g/mol. The first-order valence-electron chi connectivity index (χ1n) is 8.84. The van der Waals surface area contributed by atoms with Crippen molar-refractivity contribution < 1.29 is 4.79 Å². The van der Waals surface area contributed by atoms with Gasteiger partial charge in [-0.2, -0.15) is 0 Å². The summed E-state index contributed by atoms with van der Waals surface area (Å²) in [5.41, 5.74) is 0.445. The molecule has 1 N–H and O–H groups in total. The normalized spacial score (nSPS) is 24.1. The van der Waals surface area contributed by atoms with E-state index < -0.39 is 0 Å². The van der Waals surface area contributed by atoms with Gasteiger partial charge in [0, 0.05) is 26.1 Å². The summed E-state index contributed by atoms with van der Waals surface area (Å²) in [5.74, 6) is 0.878. The summed E-state index contributed by atoms with van der Waals surface area (Å²) < 4.78 is 0. The highest BCUT2D eigenvalue weighted by molar-refractivity contribution is 5.77. The van der Waals surface area contributed by atoms with E-state index >= 15 is 0 Å². The number of hydrogen-bond acceptors (Lipinski definition) is 2. The molecular formula is C18H34N2O. The Morgan fingerprint density at radius 1 is 1.24 bits per heavy atom. The zero-order valence-electron chi connectivity index (χ0n) is 14.5. The van der Waals surface area contributed by atoms with Crippen molar-refractivity contribution in [3.63, 3.8) is 0 Å². The molecular weight excluding hydrogens is 260 g/mol. The monoisotopic (exact) mass is 294 g/mol. The van der Waals surface area contributed by atoms with Crippen LogP contribution in [0.1, 0.15) is 72.6 Å². The minimum atomic E-state index is 0.134. The average Bonchev–Trinajstić information content (AvgIpc) is 2.37. The van der Waals surface area contributed by atoms with E-state index in [1.165, 1.54) is 32.1 Å². The van der Waals surface area contributed by atoms with Crippen LogP contribution in [0.25, 0.3) is 0 Å². The molecule has 21 heavy (non-hydrogen) atoms. The quantitative estimate of drug-likeness (QED) is 0.863. The summed E-state index contributed by atoms with van der Waals surface area (Å²) in [6, 6.07) is 0. The molecule has 0 aromatic heterocycles. The largest absolute Gasteiger partial charge is 0.334 e. The van der Waals surface area contributed by atoms with Crippen LogP contribution in [0.5, 0.6) is 0 Å². The van der Waals surface area contributed by atoms with E-state index in [1.54, 1.807) is 0 Å². The number of nitrogens with one attached hydrogen (secondary N) is 1. The molecule has 0 radical (unpaired) electrons. The molecule has 1 saturated heterocycles. The minimum absolute atomic E-state index is 0.134. The fraction of sp³-hybridized carbons (Fsp3) is 0.944. The van der Waals surface area contributed by atoms with E-state index in [9.17, 15) is 4.79 Å². The third-order valence-electron chi connectivity index (χ3n) is 5.11. The summed E-state index contributed by atoms with van der Waals surface area (Å²) >= 11 is 0. The van der Waals surface area contributed by atoms with Crippen molar-refractivity contribution in [2.75, 3.05) is 19.6 Å². The standard InChI is InChI=1S/C18H34N2O/c1-15(13-17(2,3)4)12-16(21)20-11-10-19-14-18(20)8-6-5-7-9-18/h15,19H,5-14H2,1-4H3. The van der Waals surface area contributed by atoms with Crippen LogP contribution < -0.4 is 5.32 Å². The summed E-state index contributed by atoms with van der Waals surface area (Å²) in [7, 11) is 0. The van der Waals surface area contributed by atoms with Crippen molar-refractivity contribution in [3.8, 4) is 0 Å². The van der Waals surface area contributed by atoms with Gasteiger partial charge in [-0.3, -0.25) is 4.79 Å². The molecule has 3 heteroatoms. The van der Waals surface area contributed by atoms with Crippen LogP contribution in [-0.2, 0) is 4.79 Å². The Kier molecular flexibility index (Phi) is 5.34. The van der Waals surface area contributed by atoms with Gasteiger partial charge in [0.05, 0.1) is 5.54 Å². The summed E-state index contributed by atoms with van der Waals surface area (Å²) in [6.07, 6.45) is 8.13. The molecule has 2 fully saturated rings. The topological polar surface area (TPSA) is 32.3 Å². The highest BCUT2D eigenvalue weighted by Gasteiger charge is 2.42. The van der Waals surface area contributed by atoms with Gasteiger partial charge in [0.1, 0.15) is 0 Å². The first-order chi connectivity index (χ1) is 9.82. The number of carbonyl (C=O) groups is 1. The van der Waals surface area contributed by atoms with Crippen molar-refractivity contribution >= 4 is 5.91 Å². The summed E-state index contributed by atoms with van der Waals surface area (Å²) in [5, 5.41) is 3.53. The molecule has 1 heterocycles. The van der Waals surface area contributed by atoms with Gasteiger partial charge in [0.2, 0.25) is 5.91 Å². The Morgan fingerprint density at radius 3 is 2.52 bits per heavy atom. The maximum absolute atomic E-state index is 12.9.